The summed E-state index contributed by atoms with van der Waals surface area (Å²) in [5.74, 6) is 0.855. The van der Waals surface area contributed by atoms with E-state index in [1.165, 1.54) is 5.56 Å². The van der Waals surface area contributed by atoms with Crippen molar-refractivity contribution < 1.29 is 8.42 Å². The van der Waals surface area contributed by atoms with Crippen molar-refractivity contribution in [2.24, 2.45) is 17.6 Å². The summed E-state index contributed by atoms with van der Waals surface area (Å²) in [4.78, 5) is 0.396. The second kappa shape index (κ2) is 6.90. The second-order valence-electron chi connectivity index (χ2n) is 6.35. The molecule has 1 aromatic carbocycles. The molecule has 21 heavy (non-hydrogen) atoms. The van der Waals surface area contributed by atoms with Gasteiger partial charge in [-0.05, 0) is 55.3 Å². The lowest BCUT2D eigenvalue weighted by Crippen LogP contribution is -2.41. The van der Waals surface area contributed by atoms with Gasteiger partial charge in [0.25, 0.3) is 0 Å². The third-order valence-corrected chi connectivity index (χ3v) is 5.90. The van der Waals surface area contributed by atoms with Gasteiger partial charge in [-0.2, -0.15) is 4.31 Å². The van der Waals surface area contributed by atoms with Crippen molar-refractivity contribution in [1.82, 2.24) is 4.31 Å². The predicted octanol–water partition coefficient (Wildman–Crippen LogP) is 2.24. The van der Waals surface area contributed by atoms with Crippen molar-refractivity contribution in [3.05, 3.63) is 29.8 Å². The molecule has 1 aliphatic rings. The predicted molar refractivity (Wildman–Crippen MR) is 85.5 cm³/mol. The Bertz CT molecular complexity index is 552. The SMILES string of the molecule is CC(C)Cc1ccc(S(=O)(=O)N2CCCC(CN)C2)cc1. The van der Waals surface area contributed by atoms with Gasteiger partial charge < -0.3 is 5.73 Å². The third-order valence-electron chi connectivity index (χ3n) is 4.02. The Morgan fingerprint density at radius 3 is 2.52 bits per heavy atom. The molecule has 0 radical (unpaired) electrons. The lowest BCUT2D eigenvalue weighted by molar-refractivity contribution is 0.271. The summed E-state index contributed by atoms with van der Waals surface area (Å²) in [5, 5.41) is 0. The molecule has 0 amide bonds. The minimum absolute atomic E-state index is 0.286. The van der Waals surface area contributed by atoms with E-state index in [2.05, 4.69) is 13.8 Å². The Morgan fingerprint density at radius 1 is 1.29 bits per heavy atom. The first-order valence-electron chi connectivity index (χ1n) is 7.72. The number of sulfonamides is 1. The van der Waals surface area contributed by atoms with Gasteiger partial charge in [-0.1, -0.05) is 26.0 Å². The van der Waals surface area contributed by atoms with Gasteiger partial charge in [-0.25, -0.2) is 8.42 Å². The van der Waals surface area contributed by atoms with Crippen LogP contribution in [0.2, 0.25) is 0 Å². The molecule has 1 saturated heterocycles. The monoisotopic (exact) mass is 310 g/mol. The highest BCUT2D eigenvalue weighted by Crippen LogP contribution is 2.23. The summed E-state index contributed by atoms with van der Waals surface area (Å²) >= 11 is 0. The first-order valence-corrected chi connectivity index (χ1v) is 9.16. The summed E-state index contributed by atoms with van der Waals surface area (Å²) in [6, 6.07) is 7.33. The number of rotatable bonds is 5. The van der Waals surface area contributed by atoms with Crippen LogP contribution in [0.5, 0.6) is 0 Å². The zero-order valence-electron chi connectivity index (χ0n) is 13.0. The van der Waals surface area contributed by atoms with E-state index in [0.29, 0.717) is 30.4 Å². The lowest BCUT2D eigenvalue weighted by atomic mass is 10.0. The van der Waals surface area contributed by atoms with E-state index >= 15 is 0 Å². The highest BCUT2D eigenvalue weighted by molar-refractivity contribution is 7.89. The maximum Gasteiger partial charge on any atom is 0.243 e. The van der Waals surface area contributed by atoms with Crippen molar-refractivity contribution in [2.75, 3.05) is 19.6 Å². The van der Waals surface area contributed by atoms with E-state index in [-0.39, 0.29) is 5.92 Å². The average molecular weight is 310 g/mol. The number of hydrogen-bond acceptors (Lipinski definition) is 3. The fourth-order valence-corrected chi connectivity index (χ4v) is 4.41. The molecular formula is C16H26N2O2S. The number of benzene rings is 1. The molecule has 1 unspecified atom stereocenters. The van der Waals surface area contributed by atoms with Gasteiger partial charge in [-0.15, -0.1) is 0 Å². The molecule has 2 rings (SSSR count). The molecule has 1 fully saturated rings. The van der Waals surface area contributed by atoms with Gasteiger partial charge in [0.05, 0.1) is 4.90 Å². The smallest absolute Gasteiger partial charge is 0.243 e. The van der Waals surface area contributed by atoms with Gasteiger partial charge >= 0.3 is 0 Å². The van der Waals surface area contributed by atoms with Gasteiger partial charge in [0.15, 0.2) is 0 Å². The zero-order valence-corrected chi connectivity index (χ0v) is 13.8. The lowest BCUT2D eigenvalue weighted by Gasteiger charge is -2.31. The molecule has 1 heterocycles. The molecule has 1 atom stereocenters. The van der Waals surface area contributed by atoms with E-state index in [0.717, 1.165) is 19.3 Å². The molecule has 1 aromatic rings. The molecule has 2 N–H and O–H groups in total. The van der Waals surface area contributed by atoms with Crippen LogP contribution < -0.4 is 5.73 Å². The summed E-state index contributed by atoms with van der Waals surface area (Å²) < 4.78 is 26.9. The topological polar surface area (TPSA) is 63.4 Å². The van der Waals surface area contributed by atoms with E-state index in [9.17, 15) is 8.42 Å². The van der Waals surface area contributed by atoms with Gasteiger partial charge in [0, 0.05) is 13.1 Å². The maximum absolute atomic E-state index is 12.7. The number of nitrogens with two attached hydrogens (primary N) is 1. The fraction of sp³-hybridized carbons (Fsp3) is 0.625. The Kier molecular flexibility index (Phi) is 5.41. The number of piperidine rings is 1. The molecule has 4 nitrogen and oxygen atoms in total. The molecule has 118 valence electrons. The van der Waals surface area contributed by atoms with E-state index in [1.54, 1.807) is 16.4 Å². The van der Waals surface area contributed by atoms with E-state index < -0.39 is 10.0 Å². The van der Waals surface area contributed by atoms with Crippen LogP contribution >= 0.6 is 0 Å². The normalized spacial score (nSPS) is 20.9. The Hall–Kier alpha value is -0.910. The molecule has 1 aliphatic heterocycles. The highest BCUT2D eigenvalue weighted by Gasteiger charge is 2.29. The van der Waals surface area contributed by atoms with E-state index in [4.69, 9.17) is 5.73 Å². The van der Waals surface area contributed by atoms with Crippen LogP contribution in [0.4, 0.5) is 0 Å². The molecule has 0 spiro atoms. The van der Waals surface area contributed by atoms with Crippen molar-refractivity contribution in [3.63, 3.8) is 0 Å². The van der Waals surface area contributed by atoms with Gasteiger partial charge in [0.1, 0.15) is 0 Å². The molecule has 0 bridgehead atoms. The molecular weight excluding hydrogens is 284 g/mol. The highest BCUT2D eigenvalue weighted by atomic mass is 32.2. The molecule has 0 aromatic heterocycles. The van der Waals surface area contributed by atoms with Crippen LogP contribution in [0.25, 0.3) is 0 Å². The Labute approximate surface area is 128 Å². The first-order chi connectivity index (χ1) is 9.93. The number of nitrogens with zero attached hydrogens (tertiary/aromatic N) is 1. The van der Waals surface area contributed by atoms with Crippen LogP contribution in [-0.2, 0) is 16.4 Å². The van der Waals surface area contributed by atoms with Crippen molar-refractivity contribution in [1.29, 1.82) is 0 Å². The van der Waals surface area contributed by atoms with Crippen LogP contribution in [-0.4, -0.2) is 32.4 Å². The summed E-state index contributed by atoms with van der Waals surface area (Å²) in [7, 11) is -3.37. The molecule has 0 aliphatic carbocycles. The van der Waals surface area contributed by atoms with Crippen molar-refractivity contribution in [3.8, 4) is 0 Å². The molecule has 5 heteroatoms. The summed E-state index contributed by atoms with van der Waals surface area (Å²) in [5.41, 5.74) is 6.87. The van der Waals surface area contributed by atoms with Gasteiger partial charge in [-0.3, -0.25) is 0 Å². The first kappa shape index (κ1) is 16.5. The Balaban J connectivity index is 2.15. The molecule has 0 saturated carbocycles. The minimum atomic E-state index is -3.37. The van der Waals surface area contributed by atoms with E-state index in [1.807, 2.05) is 12.1 Å². The van der Waals surface area contributed by atoms with Crippen LogP contribution in [0, 0.1) is 11.8 Å². The average Bonchev–Trinajstić information content (AvgIpc) is 2.47. The van der Waals surface area contributed by atoms with Crippen molar-refractivity contribution >= 4 is 10.0 Å². The summed E-state index contributed by atoms with van der Waals surface area (Å²) in [6.45, 7) is 6.02. The van der Waals surface area contributed by atoms with Crippen molar-refractivity contribution in [2.45, 2.75) is 38.0 Å². The van der Waals surface area contributed by atoms with Crippen LogP contribution in [0.15, 0.2) is 29.2 Å². The third kappa shape index (κ3) is 4.05. The second-order valence-corrected chi connectivity index (χ2v) is 8.29. The van der Waals surface area contributed by atoms with Crippen LogP contribution in [0.3, 0.4) is 0 Å². The van der Waals surface area contributed by atoms with Crippen LogP contribution in [0.1, 0.15) is 32.3 Å². The summed E-state index contributed by atoms with van der Waals surface area (Å²) in [6.07, 6.45) is 2.89. The number of hydrogen-bond donors (Lipinski definition) is 1. The fourth-order valence-electron chi connectivity index (χ4n) is 2.86. The maximum atomic E-state index is 12.7. The van der Waals surface area contributed by atoms with Gasteiger partial charge in [0.2, 0.25) is 10.0 Å². The largest absolute Gasteiger partial charge is 0.330 e. The zero-order chi connectivity index (χ0) is 15.5. The minimum Gasteiger partial charge on any atom is -0.330 e. The Morgan fingerprint density at radius 2 is 1.95 bits per heavy atom. The standard InChI is InChI=1S/C16H26N2O2S/c1-13(2)10-14-5-7-16(8-6-14)21(19,20)18-9-3-4-15(11-17)12-18/h5-8,13,15H,3-4,9-12,17H2,1-2H3. The quantitative estimate of drug-likeness (QED) is 0.907.